The van der Waals surface area contributed by atoms with Crippen molar-refractivity contribution in [1.82, 2.24) is 15.1 Å². The molecule has 1 atom stereocenters. The molecular weight excluding hydrogens is 365 g/mol. The summed E-state index contributed by atoms with van der Waals surface area (Å²) in [5.41, 5.74) is -1.60. The molecule has 0 saturated heterocycles. The monoisotopic (exact) mass is 385 g/mol. The highest BCUT2D eigenvalue weighted by Gasteiger charge is 2.41. The predicted molar refractivity (Wildman–Crippen MR) is 90.1 cm³/mol. The molecule has 1 amide bonds. The summed E-state index contributed by atoms with van der Waals surface area (Å²) < 4.78 is 39.5. The van der Waals surface area contributed by atoms with E-state index in [2.05, 4.69) is 15.3 Å². The van der Waals surface area contributed by atoms with E-state index in [9.17, 15) is 22.9 Å². The van der Waals surface area contributed by atoms with Crippen molar-refractivity contribution in [2.45, 2.75) is 39.0 Å². The highest BCUT2D eigenvalue weighted by Crippen LogP contribution is 2.33. The van der Waals surface area contributed by atoms with Gasteiger partial charge in [-0.25, -0.2) is 4.84 Å². The molecule has 1 aliphatic heterocycles. The summed E-state index contributed by atoms with van der Waals surface area (Å²) in [5.74, 6) is -0.673. The Morgan fingerprint density at radius 2 is 1.96 bits per heavy atom. The Morgan fingerprint density at radius 3 is 2.56 bits per heavy atom. The molecule has 3 rings (SSSR count). The normalized spacial score (nSPS) is 18.7. The van der Waals surface area contributed by atoms with E-state index in [0.29, 0.717) is 10.5 Å². The minimum Gasteiger partial charge on any atom is -0.340 e. The molecule has 2 heterocycles. The summed E-state index contributed by atoms with van der Waals surface area (Å²) in [7, 11) is 1.21. The molecule has 7 nitrogen and oxygen atoms in total. The van der Waals surface area contributed by atoms with Crippen molar-refractivity contribution in [1.29, 1.82) is 0 Å². The third kappa shape index (κ3) is 3.93. The smallest absolute Gasteiger partial charge is 0.340 e. The zero-order chi connectivity index (χ0) is 20.4. The first-order valence-corrected chi connectivity index (χ1v) is 8.23. The topological polar surface area (TPSA) is 76.2 Å². The minimum atomic E-state index is -4.64. The number of nitrogens with one attached hydrogen (secondary N) is 1. The van der Waals surface area contributed by atoms with Gasteiger partial charge in [0.2, 0.25) is 0 Å². The Morgan fingerprint density at radius 1 is 1.30 bits per heavy atom. The molecule has 1 aliphatic rings. The van der Waals surface area contributed by atoms with E-state index in [-0.39, 0.29) is 17.9 Å². The third-order valence-corrected chi connectivity index (χ3v) is 4.02. The molecule has 1 unspecified atom stereocenters. The van der Waals surface area contributed by atoms with Gasteiger partial charge in [0.25, 0.3) is 10.8 Å². The zero-order valence-electron chi connectivity index (χ0n) is 15.3. The van der Waals surface area contributed by atoms with E-state index in [0.717, 1.165) is 10.7 Å². The first-order chi connectivity index (χ1) is 12.6. The molecule has 0 spiro atoms. The van der Waals surface area contributed by atoms with Gasteiger partial charge in [-0.3, -0.25) is 9.48 Å². The number of aromatic nitrogens is 2. The van der Waals surface area contributed by atoms with Crippen molar-refractivity contribution in [3.63, 3.8) is 0 Å². The van der Waals surface area contributed by atoms with Crippen LogP contribution in [0.1, 0.15) is 42.5 Å². The van der Waals surface area contributed by atoms with E-state index >= 15 is 0 Å². The van der Waals surface area contributed by atoms with Crippen molar-refractivity contribution >= 4 is 11.6 Å². The number of amides is 1. The molecule has 1 N–H and O–H groups in total. The first-order valence-electron chi connectivity index (χ1n) is 8.23. The Balaban J connectivity index is 0.00000126. The highest BCUT2D eigenvalue weighted by atomic mass is 19.4. The van der Waals surface area contributed by atoms with Crippen molar-refractivity contribution in [2.75, 3.05) is 7.11 Å². The Hall–Kier alpha value is -2.91. The van der Waals surface area contributed by atoms with Crippen LogP contribution in [0.5, 0.6) is 0 Å². The lowest BCUT2D eigenvalue weighted by atomic mass is 9.90. The number of hydrogen-bond acceptors (Lipinski definition) is 4. The summed E-state index contributed by atoms with van der Waals surface area (Å²) in [5, 5.41) is 6.19. The summed E-state index contributed by atoms with van der Waals surface area (Å²) in [6.07, 6.45) is -4.64. The van der Waals surface area contributed by atoms with Crippen LogP contribution in [0.3, 0.4) is 0 Å². The number of hydrogen-bond donors (Lipinski definition) is 1. The largest absolute Gasteiger partial charge is 0.435 e. The lowest BCUT2D eigenvalue weighted by Crippen LogP contribution is -2.51. The predicted octanol–water partition coefficient (Wildman–Crippen LogP) is 3.56. The molecule has 0 radical (unpaired) electrons. The van der Waals surface area contributed by atoms with Crippen LogP contribution in [-0.2, 0) is 23.1 Å². The highest BCUT2D eigenvalue weighted by molar-refractivity contribution is 5.94. The summed E-state index contributed by atoms with van der Waals surface area (Å²) in [6.45, 7) is 5.63. The van der Waals surface area contributed by atoms with Gasteiger partial charge in [0.1, 0.15) is 5.69 Å². The van der Waals surface area contributed by atoms with Crippen LogP contribution in [0.25, 0.3) is 0 Å². The third-order valence-electron chi connectivity index (χ3n) is 4.02. The number of benzene rings is 1. The number of rotatable bonds is 3. The van der Waals surface area contributed by atoms with Gasteiger partial charge in [0.05, 0.1) is 17.0 Å². The Bertz CT molecular complexity index is 863. The van der Waals surface area contributed by atoms with Crippen molar-refractivity contribution in [2.24, 2.45) is 0 Å². The molecule has 0 fully saturated rings. The van der Waals surface area contributed by atoms with E-state index in [1.54, 1.807) is 19.1 Å². The second-order valence-corrected chi connectivity index (χ2v) is 5.85. The van der Waals surface area contributed by atoms with Crippen molar-refractivity contribution in [3.8, 4) is 0 Å². The summed E-state index contributed by atoms with van der Waals surface area (Å²) in [4.78, 5) is 28.7. The van der Waals surface area contributed by atoms with Gasteiger partial charge < -0.3 is 5.32 Å². The van der Waals surface area contributed by atoms with Gasteiger partial charge in [-0.1, -0.05) is 26.0 Å². The van der Waals surface area contributed by atoms with Crippen LogP contribution in [0.2, 0.25) is 0 Å². The lowest BCUT2D eigenvalue weighted by molar-refractivity contribution is -0.736. The molecule has 146 valence electrons. The van der Waals surface area contributed by atoms with Crippen molar-refractivity contribution in [3.05, 3.63) is 52.2 Å². The number of halogens is 3. The van der Waals surface area contributed by atoms with E-state index in [4.69, 9.17) is 0 Å². The summed E-state index contributed by atoms with van der Waals surface area (Å²) >= 11 is 0. The zero-order valence-corrected chi connectivity index (χ0v) is 15.3. The molecule has 2 aromatic rings. The minimum absolute atomic E-state index is 0.0144. The fraction of sp³-hybridized carbons (Fsp3) is 0.412. The number of nitrogens with zero attached hydrogens (tertiary/aromatic N) is 3. The maximum absolute atomic E-state index is 12.8. The Kier molecular flexibility index (Phi) is 5.57. The Labute approximate surface area is 153 Å². The van der Waals surface area contributed by atoms with Crippen molar-refractivity contribution < 1.29 is 27.7 Å². The molecule has 10 heteroatoms. The number of carbonyl (C=O) groups is 1. The SMILES string of the molecule is CC.CO[N+](=O)c1cccc(C2(C)Cn3nc(C(F)(F)F)cc3C(=O)N2)c1. The standard InChI is InChI=1S/C15H13F3N4O3.C2H6/c1-14(9-4-3-5-10(6-9)22(24)25-2)8-21-11(13(23)19-14)7-12(20-21)15(16,17)18;1-2/h3-7H,8H2,1-2H3;1-2H3/p+1. The number of carbonyl (C=O) groups excluding carboxylic acids is 1. The van der Waals surface area contributed by atoms with Crippen LogP contribution in [0, 0.1) is 4.91 Å². The van der Waals surface area contributed by atoms with Gasteiger partial charge in [-0.05, 0) is 12.5 Å². The van der Waals surface area contributed by atoms with Crippen LogP contribution in [0.15, 0.2) is 30.3 Å². The maximum atomic E-state index is 12.8. The average molecular weight is 385 g/mol. The fourth-order valence-electron chi connectivity index (χ4n) is 2.74. The van der Waals surface area contributed by atoms with Crippen LogP contribution >= 0.6 is 0 Å². The first kappa shape index (κ1) is 20.4. The van der Waals surface area contributed by atoms with Crippen LogP contribution < -0.4 is 5.32 Å². The molecular formula is C17H20F3N4O3+. The van der Waals surface area contributed by atoms with Gasteiger partial charge >= 0.3 is 11.9 Å². The quantitative estimate of drug-likeness (QED) is 0.820. The molecule has 0 saturated carbocycles. The van der Waals surface area contributed by atoms with Gasteiger partial charge in [0, 0.05) is 18.2 Å². The average Bonchev–Trinajstić information content (AvgIpc) is 3.07. The van der Waals surface area contributed by atoms with E-state index in [1.165, 1.54) is 19.2 Å². The fourth-order valence-corrected chi connectivity index (χ4v) is 2.74. The molecule has 0 bridgehead atoms. The lowest BCUT2D eigenvalue weighted by Gasteiger charge is -2.35. The van der Waals surface area contributed by atoms with E-state index in [1.807, 2.05) is 13.8 Å². The summed E-state index contributed by atoms with van der Waals surface area (Å²) in [6, 6.07) is 6.97. The van der Waals surface area contributed by atoms with Gasteiger partial charge in [0.15, 0.2) is 12.8 Å². The number of alkyl halides is 3. The van der Waals surface area contributed by atoms with E-state index < -0.39 is 23.3 Å². The second-order valence-electron chi connectivity index (χ2n) is 5.85. The van der Waals surface area contributed by atoms with Crippen LogP contribution in [0.4, 0.5) is 18.9 Å². The molecule has 27 heavy (non-hydrogen) atoms. The molecule has 0 aliphatic carbocycles. The second kappa shape index (κ2) is 7.37. The maximum Gasteiger partial charge on any atom is 0.435 e. The van der Waals surface area contributed by atoms with Gasteiger partial charge in [-0.2, -0.15) is 18.3 Å². The number of fused-ring (bicyclic) bond motifs is 1. The van der Waals surface area contributed by atoms with Crippen LogP contribution in [-0.4, -0.2) is 27.7 Å². The molecule has 1 aromatic heterocycles. The molecule has 1 aromatic carbocycles. The van der Waals surface area contributed by atoms with Gasteiger partial charge in [-0.15, -0.1) is 0 Å².